The number of methoxy groups -OCH3 is 1. The molecule has 2 saturated heterocycles. The minimum Gasteiger partial charge on any atom is -0.497 e. The summed E-state index contributed by atoms with van der Waals surface area (Å²) in [6, 6.07) is 16.8. The number of fused-ring (bicyclic) bond motifs is 1. The summed E-state index contributed by atoms with van der Waals surface area (Å²) in [5.74, 6) is 1.06. The molecule has 0 spiro atoms. The number of amides is 1. The van der Waals surface area contributed by atoms with Crippen LogP contribution in [0.2, 0.25) is 0 Å². The van der Waals surface area contributed by atoms with E-state index in [1.54, 1.807) is 11.8 Å². The second kappa shape index (κ2) is 9.20. The van der Waals surface area contributed by atoms with Crippen LogP contribution in [0.15, 0.2) is 54.7 Å². The molecule has 7 heteroatoms. The molecule has 2 fully saturated rings. The molecule has 1 aromatic heterocycles. The number of aromatic nitrogens is 2. The predicted molar refractivity (Wildman–Crippen MR) is 126 cm³/mol. The van der Waals surface area contributed by atoms with Crippen molar-refractivity contribution in [2.75, 3.05) is 51.3 Å². The molecule has 168 valence electrons. The molecule has 7 nitrogen and oxygen atoms in total. The maximum atomic E-state index is 13.0. The van der Waals surface area contributed by atoms with Crippen molar-refractivity contribution in [3.63, 3.8) is 0 Å². The zero-order valence-electron chi connectivity index (χ0n) is 18.7. The zero-order chi connectivity index (χ0) is 21.9. The van der Waals surface area contributed by atoms with Gasteiger partial charge in [0.25, 0.3) is 0 Å². The van der Waals surface area contributed by atoms with Gasteiger partial charge >= 0.3 is 0 Å². The fourth-order valence-corrected chi connectivity index (χ4v) is 4.95. The van der Waals surface area contributed by atoms with Gasteiger partial charge in [0.05, 0.1) is 12.6 Å². The van der Waals surface area contributed by atoms with Gasteiger partial charge in [-0.2, -0.15) is 5.10 Å². The van der Waals surface area contributed by atoms with Gasteiger partial charge in [-0.05, 0) is 43.2 Å². The Hall–Kier alpha value is -3.06. The van der Waals surface area contributed by atoms with E-state index in [9.17, 15) is 4.79 Å². The van der Waals surface area contributed by atoms with Crippen LogP contribution in [0.1, 0.15) is 12.8 Å². The fraction of sp³-hybridized carbons (Fsp3) is 0.440. The third kappa shape index (κ3) is 4.43. The largest absolute Gasteiger partial charge is 0.497 e. The Labute approximate surface area is 189 Å². The van der Waals surface area contributed by atoms with Crippen molar-refractivity contribution in [3.8, 4) is 5.75 Å². The number of carbonyl (C=O) groups is 1. The van der Waals surface area contributed by atoms with Gasteiger partial charge < -0.3 is 14.5 Å². The normalized spacial score (nSPS) is 20.0. The number of hydrogen-bond donors (Lipinski definition) is 0. The number of piperidine rings is 1. The van der Waals surface area contributed by atoms with Crippen molar-refractivity contribution in [1.82, 2.24) is 19.6 Å². The summed E-state index contributed by atoms with van der Waals surface area (Å²) < 4.78 is 7.05. The van der Waals surface area contributed by atoms with Gasteiger partial charge in [-0.1, -0.05) is 18.2 Å². The van der Waals surface area contributed by atoms with Crippen LogP contribution in [0, 0.1) is 0 Å². The van der Waals surface area contributed by atoms with Crippen molar-refractivity contribution in [3.05, 3.63) is 54.7 Å². The minimum absolute atomic E-state index is 0.166. The lowest BCUT2D eigenvalue weighted by atomic mass is 10.0. The third-order valence-corrected chi connectivity index (χ3v) is 6.78. The summed E-state index contributed by atoms with van der Waals surface area (Å²) >= 11 is 0. The topological polar surface area (TPSA) is 53.8 Å². The average Bonchev–Trinajstić information content (AvgIpc) is 3.26. The number of carbonyl (C=O) groups excluding carboxylic acids is 1. The fourth-order valence-electron chi connectivity index (χ4n) is 4.95. The summed E-state index contributed by atoms with van der Waals surface area (Å²) in [7, 11) is 1.70. The first-order valence-electron chi connectivity index (χ1n) is 11.5. The molecule has 2 aliphatic rings. The third-order valence-electron chi connectivity index (χ3n) is 6.78. The van der Waals surface area contributed by atoms with Gasteiger partial charge in [0, 0.05) is 62.6 Å². The van der Waals surface area contributed by atoms with E-state index in [-0.39, 0.29) is 5.91 Å². The monoisotopic (exact) mass is 433 g/mol. The molecule has 2 aromatic carbocycles. The molecule has 0 radical (unpaired) electrons. The summed E-state index contributed by atoms with van der Waals surface area (Å²) in [6.45, 7) is 6.07. The van der Waals surface area contributed by atoms with E-state index >= 15 is 0 Å². The van der Waals surface area contributed by atoms with E-state index in [1.807, 2.05) is 47.5 Å². The number of anilines is 1. The molecule has 1 amide bonds. The molecule has 1 atom stereocenters. The number of ether oxygens (including phenoxy) is 1. The molecule has 32 heavy (non-hydrogen) atoms. The Balaban J connectivity index is 1.15. The Kier molecular flexibility index (Phi) is 5.99. The van der Waals surface area contributed by atoms with E-state index in [0.29, 0.717) is 12.6 Å². The van der Waals surface area contributed by atoms with Crippen molar-refractivity contribution >= 4 is 22.5 Å². The first kappa shape index (κ1) is 20.8. The van der Waals surface area contributed by atoms with Crippen molar-refractivity contribution < 1.29 is 9.53 Å². The van der Waals surface area contributed by atoms with E-state index < -0.39 is 0 Å². The number of likely N-dealkylation sites (tertiary alicyclic amines) is 1. The summed E-state index contributed by atoms with van der Waals surface area (Å²) in [5, 5.41) is 5.63. The lowest BCUT2D eigenvalue weighted by Crippen LogP contribution is -2.56. The molecule has 0 bridgehead atoms. The highest BCUT2D eigenvalue weighted by molar-refractivity contribution is 5.80. The van der Waals surface area contributed by atoms with Crippen molar-refractivity contribution in [1.29, 1.82) is 0 Å². The molecule has 3 heterocycles. The van der Waals surface area contributed by atoms with Crippen LogP contribution in [-0.2, 0) is 11.3 Å². The Bertz CT molecular complexity index is 1020. The molecule has 0 saturated carbocycles. The van der Waals surface area contributed by atoms with Crippen LogP contribution in [0.3, 0.4) is 0 Å². The van der Waals surface area contributed by atoms with Crippen LogP contribution in [0.25, 0.3) is 10.9 Å². The average molecular weight is 434 g/mol. The standard InChI is InChI=1S/C25H31N5O2/c1-32-23-10-8-21(9-11-23)27-13-15-28(16-14-27)22-6-4-12-29(18-22)25(31)19-30-17-20-5-2-3-7-24(20)26-30/h2-3,5,7-11,17,22H,4,6,12-16,18-19H2,1H3/t22-/m0/s1. The van der Waals surface area contributed by atoms with Crippen molar-refractivity contribution in [2.45, 2.75) is 25.4 Å². The summed E-state index contributed by atoms with van der Waals surface area (Å²) in [4.78, 5) is 20.0. The first-order valence-corrected chi connectivity index (χ1v) is 11.5. The number of hydrogen-bond acceptors (Lipinski definition) is 5. The van der Waals surface area contributed by atoms with Crippen LogP contribution in [0.4, 0.5) is 5.69 Å². The Morgan fingerprint density at radius 3 is 2.56 bits per heavy atom. The number of nitrogens with zero attached hydrogens (tertiary/aromatic N) is 5. The Morgan fingerprint density at radius 2 is 1.81 bits per heavy atom. The van der Waals surface area contributed by atoms with Gasteiger partial charge in [0.15, 0.2) is 0 Å². The first-order chi connectivity index (χ1) is 15.7. The van der Waals surface area contributed by atoms with Crippen molar-refractivity contribution in [2.24, 2.45) is 0 Å². The highest BCUT2D eigenvalue weighted by Gasteiger charge is 2.30. The maximum absolute atomic E-state index is 13.0. The number of benzene rings is 2. The van der Waals surface area contributed by atoms with Gasteiger partial charge in [-0.25, -0.2) is 0 Å². The Morgan fingerprint density at radius 1 is 1.03 bits per heavy atom. The second-order valence-electron chi connectivity index (χ2n) is 8.74. The zero-order valence-corrected chi connectivity index (χ0v) is 18.7. The van der Waals surface area contributed by atoms with Crippen LogP contribution < -0.4 is 9.64 Å². The van der Waals surface area contributed by atoms with Gasteiger partial charge in [0.1, 0.15) is 12.3 Å². The lowest BCUT2D eigenvalue weighted by Gasteiger charge is -2.44. The SMILES string of the molecule is COc1ccc(N2CCN([C@H]3CCCN(C(=O)Cn4cc5ccccc5n4)C3)CC2)cc1. The van der Waals surface area contributed by atoms with Crippen LogP contribution in [-0.4, -0.2) is 77.9 Å². The highest BCUT2D eigenvalue weighted by atomic mass is 16.5. The van der Waals surface area contributed by atoms with Gasteiger partial charge in [-0.15, -0.1) is 0 Å². The quantitative estimate of drug-likeness (QED) is 0.619. The van der Waals surface area contributed by atoms with E-state index in [4.69, 9.17) is 4.74 Å². The number of rotatable bonds is 5. The highest BCUT2D eigenvalue weighted by Crippen LogP contribution is 2.23. The molecule has 0 aliphatic carbocycles. The van der Waals surface area contributed by atoms with Gasteiger partial charge in [-0.3, -0.25) is 14.4 Å². The van der Waals surface area contributed by atoms with E-state index in [0.717, 1.165) is 68.8 Å². The minimum atomic E-state index is 0.166. The van der Waals surface area contributed by atoms with Crippen LogP contribution >= 0.6 is 0 Å². The predicted octanol–water partition coefficient (Wildman–Crippen LogP) is 2.86. The molecule has 5 rings (SSSR count). The van der Waals surface area contributed by atoms with Crippen LogP contribution in [0.5, 0.6) is 5.75 Å². The molecular formula is C25H31N5O2. The smallest absolute Gasteiger partial charge is 0.244 e. The molecular weight excluding hydrogens is 402 g/mol. The summed E-state index contributed by atoms with van der Waals surface area (Å²) in [5.41, 5.74) is 2.18. The van der Waals surface area contributed by atoms with E-state index in [2.05, 4.69) is 27.0 Å². The van der Waals surface area contributed by atoms with Gasteiger partial charge in [0.2, 0.25) is 5.91 Å². The number of piperazine rings is 1. The maximum Gasteiger partial charge on any atom is 0.244 e. The summed E-state index contributed by atoms with van der Waals surface area (Å²) in [6.07, 6.45) is 4.20. The van der Waals surface area contributed by atoms with E-state index in [1.165, 1.54) is 5.69 Å². The molecule has 3 aromatic rings. The molecule has 0 unspecified atom stereocenters. The molecule has 2 aliphatic heterocycles. The molecule has 0 N–H and O–H groups in total. The second-order valence-corrected chi connectivity index (χ2v) is 8.74. The lowest BCUT2D eigenvalue weighted by molar-refractivity contribution is -0.134.